The number of amides is 2. The molecule has 0 saturated carbocycles. The van der Waals surface area contributed by atoms with Gasteiger partial charge in [0.05, 0.1) is 5.75 Å². The Hall–Kier alpha value is -1.98. The van der Waals surface area contributed by atoms with Gasteiger partial charge in [0, 0.05) is 22.5 Å². The Morgan fingerprint density at radius 2 is 1.72 bits per heavy atom. The molecule has 1 N–H and O–H groups in total. The van der Waals surface area contributed by atoms with E-state index in [4.69, 9.17) is 11.6 Å². The van der Waals surface area contributed by atoms with E-state index in [0.717, 1.165) is 10.5 Å². The summed E-state index contributed by atoms with van der Waals surface area (Å²) in [6, 6.07) is 17.0. The molecule has 1 atom stereocenters. The number of nitrogens with zero attached hydrogens (tertiary/aromatic N) is 1. The Morgan fingerprint density at radius 3 is 2.31 bits per heavy atom. The third-order valence-corrected chi connectivity index (χ3v) is 5.73. The second kappa shape index (κ2) is 11.9. The number of carbonyl (C=O) groups is 2. The van der Waals surface area contributed by atoms with E-state index >= 15 is 0 Å². The van der Waals surface area contributed by atoms with Crippen molar-refractivity contribution in [3.8, 4) is 0 Å². The largest absolute Gasteiger partial charge is 0.352 e. The van der Waals surface area contributed by atoms with Crippen LogP contribution >= 0.6 is 23.4 Å². The van der Waals surface area contributed by atoms with E-state index in [1.807, 2.05) is 75.4 Å². The van der Waals surface area contributed by atoms with E-state index in [0.29, 0.717) is 24.4 Å². The molecule has 2 aromatic carbocycles. The minimum absolute atomic E-state index is 0.0334. The molecule has 0 heterocycles. The number of nitrogens with one attached hydrogen (secondary N) is 1. The van der Waals surface area contributed by atoms with Gasteiger partial charge in [0.25, 0.3) is 0 Å². The first-order valence-electron chi connectivity index (χ1n) is 9.92. The number of carbonyl (C=O) groups excluding carboxylic acids is 2. The minimum atomic E-state index is -0.473. The zero-order valence-corrected chi connectivity index (χ0v) is 18.8. The molecule has 0 bridgehead atoms. The number of halogens is 1. The van der Waals surface area contributed by atoms with Crippen LogP contribution in [0.2, 0.25) is 5.02 Å². The molecule has 4 nitrogen and oxygen atoms in total. The first-order valence-corrected chi connectivity index (χ1v) is 11.3. The van der Waals surface area contributed by atoms with Crippen LogP contribution in [-0.2, 0) is 16.0 Å². The maximum absolute atomic E-state index is 13.1. The minimum Gasteiger partial charge on any atom is -0.352 e. The molecule has 6 heteroatoms. The summed E-state index contributed by atoms with van der Waals surface area (Å²) in [5.74, 6) is 0.147. The average Bonchev–Trinajstić information content (AvgIpc) is 2.70. The Morgan fingerprint density at radius 1 is 1.07 bits per heavy atom. The van der Waals surface area contributed by atoms with Gasteiger partial charge in [-0.3, -0.25) is 9.59 Å². The van der Waals surface area contributed by atoms with Gasteiger partial charge in [-0.15, -0.1) is 11.8 Å². The van der Waals surface area contributed by atoms with Crippen LogP contribution in [0.3, 0.4) is 0 Å². The average molecular weight is 433 g/mol. The molecule has 2 rings (SSSR count). The second-order valence-electron chi connectivity index (χ2n) is 7.15. The van der Waals surface area contributed by atoms with Crippen molar-refractivity contribution in [3.05, 3.63) is 65.2 Å². The molecule has 29 heavy (non-hydrogen) atoms. The number of hydrogen-bond donors (Lipinski definition) is 1. The van der Waals surface area contributed by atoms with Crippen LogP contribution in [0.15, 0.2) is 59.5 Å². The summed E-state index contributed by atoms with van der Waals surface area (Å²) in [5, 5.41) is 3.62. The molecule has 156 valence electrons. The molecule has 0 aliphatic heterocycles. The van der Waals surface area contributed by atoms with Crippen molar-refractivity contribution in [1.82, 2.24) is 10.2 Å². The molecule has 0 radical (unpaired) electrons. The summed E-state index contributed by atoms with van der Waals surface area (Å²) in [6.45, 7) is 6.31. The van der Waals surface area contributed by atoms with Gasteiger partial charge in [-0.2, -0.15) is 0 Å². The standard InChI is InChI=1S/C23H29ClN2O2S/c1-4-21(23(28)25-17(2)3)26(15-14-18-8-6-5-7-9-18)22(27)16-29-20-12-10-19(24)11-13-20/h5-13,17,21H,4,14-16H2,1-3H3,(H,25,28)/t21-/m1/s1. The Labute approximate surface area is 183 Å². The molecule has 2 amide bonds. The van der Waals surface area contributed by atoms with Gasteiger partial charge < -0.3 is 10.2 Å². The van der Waals surface area contributed by atoms with Crippen molar-refractivity contribution in [2.24, 2.45) is 0 Å². The van der Waals surface area contributed by atoms with Crippen LogP contribution < -0.4 is 5.32 Å². The summed E-state index contributed by atoms with van der Waals surface area (Å²) < 4.78 is 0. The molecule has 0 aliphatic rings. The Bertz CT molecular complexity index is 781. The molecule has 0 spiro atoms. The highest BCUT2D eigenvalue weighted by atomic mass is 35.5. The monoisotopic (exact) mass is 432 g/mol. The maximum atomic E-state index is 13.1. The second-order valence-corrected chi connectivity index (χ2v) is 8.64. The summed E-state index contributed by atoms with van der Waals surface area (Å²) in [4.78, 5) is 28.5. The first kappa shape index (κ1) is 23.3. The van der Waals surface area contributed by atoms with Gasteiger partial charge in [-0.25, -0.2) is 0 Å². The van der Waals surface area contributed by atoms with Crippen molar-refractivity contribution in [1.29, 1.82) is 0 Å². The first-order chi connectivity index (χ1) is 13.9. The van der Waals surface area contributed by atoms with E-state index in [-0.39, 0.29) is 23.6 Å². The quantitative estimate of drug-likeness (QED) is 0.548. The molecular weight excluding hydrogens is 404 g/mol. The molecule has 0 fully saturated rings. The SMILES string of the molecule is CC[C@H](C(=O)NC(C)C)N(CCc1ccccc1)C(=O)CSc1ccc(Cl)cc1. The molecule has 0 unspecified atom stereocenters. The smallest absolute Gasteiger partial charge is 0.242 e. The molecule has 2 aromatic rings. The Balaban J connectivity index is 2.11. The van der Waals surface area contributed by atoms with Gasteiger partial charge in [-0.1, -0.05) is 48.9 Å². The van der Waals surface area contributed by atoms with Crippen LogP contribution in [0, 0.1) is 0 Å². The number of benzene rings is 2. The molecule has 0 aliphatic carbocycles. The highest BCUT2D eigenvalue weighted by molar-refractivity contribution is 8.00. The lowest BCUT2D eigenvalue weighted by molar-refractivity contribution is -0.139. The summed E-state index contributed by atoms with van der Waals surface area (Å²) in [6.07, 6.45) is 1.29. The van der Waals surface area contributed by atoms with Crippen LogP contribution in [0.5, 0.6) is 0 Å². The van der Waals surface area contributed by atoms with Crippen molar-refractivity contribution in [2.75, 3.05) is 12.3 Å². The zero-order chi connectivity index (χ0) is 21.2. The summed E-state index contributed by atoms with van der Waals surface area (Å²) >= 11 is 7.39. The van der Waals surface area contributed by atoms with E-state index < -0.39 is 6.04 Å². The highest BCUT2D eigenvalue weighted by Crippen LogP contribution is 2.21. The van der Waals surface area contributed by atoms with Crippen molar-refractivity contribution >= 4 is 35.2 Å². The van der Waals surface area contributed by atoms with Crippen molar-refractivity contribution < 1.29 is 9.59 Å². The Kier molecular flexibility index (Phi) is 9.55. The number of rotatable bonds is 10. The van der Waals surface area contributed by atoms with E-state index in [1.54, 1.807) is 4.90 Å². The van der Waals surface area contributed by atoms with E-state index in [9.17, 15) is 9.59 Å². The van der Waals surface area contributed by atoms with Gasteiger partial charge in [0.15, 0.2) is 0 Å². The summed E-state index contributed by atoms with van der Waals surface area (Å²) in [7, 11) is 0. The lowest BCUT2D eigenvalue weighted by Gasteiger charge is -2.31. The predicted molar refractivity (Wildman–Crippen MR) is 121 cm³/mol. The van der Waals surface area contributed by atoms with Crippen molar-refractivity contribution in [2.45, 2.75) is 50.6 Å². The van der Waals surface area contributed by atoms with Crippen LogP contribution in [0.25, 0.3) is 0 Å². The van der Waals surface area contributed by atoms with Crippen molar-refractivity contribution in [3.63, 3.8) is 0 Å². The fourth-order valence-electron chi connectivity index (χ4n) is 3.04. The number of thioether (sulfide) groups is 1. The lowest BCUT2D eigenvalue weighted by Crippen LogP contribution is -2.51. The molecule has 0 aromatic heterocycles. The lowest BCUT2D eigenvalue weighted by atomic mass is 10.1. The predicted octanol–water partition coefficient (Wildman–Crippen LogP) is 4.81. The summed E-state index contributed by atoms with van der Waals surface area (Å²) in [5.41, 5.74) is 1.15. The van der Waals surface area contributed by atoms with Crippen LogP contribution in [0.1, 0.15) is 32.8 Å². The van der Waals surface area contributed by atoms with Gasteiger partial charge >= 0.3 is 0 Å². The zero-order valence-electron chi connectivity index (χ0n) is 17.2. The fourth-order valence-corrected chi connectivity index (χ4v) is 3.95. The van der Waals surface area contributed by atoms with Gasteiger partial charge in [-0.05, 0) is 56.5 Å². The van der Waals surface area contributed by atoms with Gasteiger partial charge in [0.1, 0.15) is 6.04 Å². The van der Waals surface area contributed by atoms with E-state index in [2.05, 4.69) is 5.32 Å². The normalized spacial score (nSPS) is 11.9. The fraction of sp³-hybridized carbons (Fsp3) is 0.391. The molecular formula is C23H29ClN2O2S. The number of hydrogen-bond acceptors (Lipinski definition) is 3. The third-order valence-electron chi connectivity index (χ3n) is 4.48. The molecule has 0 saturated heterocycles. The van der Waals surface area contributed by atoms with Crippen LogP contribution in [0.4, 0.5) is 0 Å². The third kappa shape index (κ3) is 7.75. The highest BCUT2D eigenvalue weighted by Gasteiger charge is 2.28. The van der Waals surface area contributed by atoms with Gasteiger partial charge in [0.2, 0.25) is 11.8 Å². The maximum Gasteiger partial charge on any atom is 0.242 e. The van der Waals surface area contributed by atoms with Crippen LogP contribution in [-0.4, -0.2) is 41.1 Å². The van der Waals surface area contributed by atoms with E-state index in [1.165, 1.54) is 11.8 Å². The topological polar surface area (TPSA) is 49.4 Å².